The summed E-state index contributed by atoms with van der Waals surface area (Å²) in [4.78, 5) is 0.334. The first-order valence-corrected chi connectivity index (χ1v) is 10.9. The van der Waals surface area contributed by atoms with E-state index in [0.717, 1.165) is 48.1 Å². The van der Waals surface area contributed by atoms with Crippen LogP contribution in [-0.4, -0.2) is 15.0 Å². The van der Waals surface area contributed by atoms with Crippen molar-refractivity contribution in [3.8, 4) is 0 Å². The summed E-state index contributed by atoms with van der Waals surface area (Å²) in [5.41, 5.74) is 3.75. The Morgan fingerprint density at radius 2 is 1.81 bits per heavy atom. The van der Waals surface area contributed by atoms with Gasteiger partial charge in [0.1, 0.15) is 0 Å². The zero-order chi connectivity index (χ0) is 19.4. The summed E-state index contributed by atoms with van der Waals surface area (Å²) in [7, 11) is -3.61. The van der Waals surface area contributed by atoms with Crippen LogP contribution in [0.3, 0.4) is 0 Å². The van der Waals surface area contributed by atoms with E-state index in [4.69, 9.17) is 0 Å². The number of hydrogen-bond donors (Lipinski definition) is 0. The van der Waals surface area contributed by atoms with E-state index in [1.807, 2.05) is 49.4 Å². The van der Waals surface area contributed by atoms with Gasteiger partial charge >= 0.3 is 0 Å². The van der Waals surface area contributed by atoms with Gasteiger partial charge in [0.15, 0.2) is 0 Å². The Balaban J connectivity index is 1.95. The Kier molecular flexibility index (Phi) is 5.85. The van der Waals surface area contributed by atoms with E-state index in [0.29, 0.717) is 11.4 Å². The van der Waals surface area contributed by atoms with Crippen molar-refractivity contribution >= 4 is 21.3 Å². The fourth-order valence-electron chi connectivity index (χ4n) is 3.60. The Morgan fingerprint density at radius 3 is 2.52 bits per heavy atom. The lowest BCUT2D eigenvalue weighted by Crippen LogP contribution is -2.39. The van der Waals surface area contributed by atoms with Crippen LogP contribution in [-0.2, 0) is 10.0 Å². The highest BCUT2D eigenvalue weighted by molar-refractivity contribution is 7.92. The maximum Gasteiger partial charge on any atom is 0.264 e. The highest BCUT2D eigenvalue weighted by atomic mass is 32.2. The van der Waals surface area contributed by atoms with E-state index in [1.165, 1.54) is 0 Å². The zero-order valence-corrected chi connectivity index (χ0v) is 16.7. The Morgan fingerprint density at radius 1 is 1.11 bits per heavy atom. The van der Waals surface area contributed by atoms with Gasteiger partial charge in [0, 0.05) is 18.0 Å². The van der Waals surface area contributed by atoms with E-state index in [1.54, 1.807) is 16.4 Å². The predicted octanol–water partition coefficient (Wildman–Crippen LogP) is 5.58. The third kappa shape index (κ3) is 4.01. The second kappa shape index (κ2) is 8.13. The first-order valence-electron chi connectivity index (χ1n) is 9.43. The van der Waals surface area contributed by atoms with Crippen LogP contribution in [0.2, 0.25) is 0 Å². The van der Waals surface area contributed by atoms with Crippen LogP contribution in [0.5, 0.6) is 0 Å². The molecule has 1 heterocycles. The number of anilines is 1. The van der Waals surface area contributed by atoms with Crippen molar-refractivity contribution in [2.45, 2.75) is 37.5 Å². The number of fused-ring (bicyclic) bond motifs is 1. The van der Waals surface area contributed by atoms with Gasteiger partial charge in [-0.3, -0.25) is 4.31 Å². The number of benzene rings is 2. The number of allylic oxidation sites excluding steroid dienone is 1. The summed E-state index contributed by atoms with van der Waals surface area (Å²) in [5.74, 6) is 0.130. The fraction of sp³-hybridized carbons (Fsp3) is 0.304. The molecule has 1 atom stereocenters. The lowest BCUT2D eigenvalue weighted by molar-refractivity contribution is 0.544. The number of hydrogen-bond acceptors (Lipinski definition) is 2. The largest absolute Gasteiger partial charge is 0.265 e. The highest BCUT2D eigenvalue weighted by Crippen LogP contribution is 2.41. The number of para-hydroxylation sites is 1. The van der Waals surface area contributed by atoms with Crippen molar-refractivity contribution in [2.24, 2.45) is 5.92 Å². The summed E-state index contributed by atoms with van der Waals surface area (Å²) in [6.45, 7) is 10.5. The minimum Gasteiger partial charge on any atom is -0.265 e. The molecule has 0 aliphatic carbocycles. The van der Waals surface area contributed by atoms with Crippen molar-refractivity contribution in [3.63, 3.8) is 0 Å². The van der Waals surface area contributed by atoms with Crippen LogP contribution < -0.4 is 4.31 Å². The first-order chi connectivity index (χ1) is 12.9. The molecule has 0 unspecified atom stereocenters. The average molecular weight is 382 g/mol. The molecule has 4 heteroatoms. The molecule has 0 spiro atoms. The number of unbranched alkanes of at least 4 members (excludes halogenated alkanes) is 2. The Hall–Kier alpha value is -2.33. The van der Waals surface area contributed by atoms with Gasteiger partial charge in [-0.15, -0.1) is 6.58 Å². The molecule has 0 amide bonds. The molecule has 0 saturated carbocycles. The van der Waals surface area contributed by atoms with Crippen LogP contribution in [0.1, 0.15) is 36.8 Å². The summed E-state index contributed by atoms with van der Waals surface area (Å²) >= 11 is 0. The summed E-state index contributed by atoms with van der Waals surface area (Å²) in [6, 6.07) is 14.7. The minimum absolute atomic E-state index is 0.130. The quantitative estimate of drug-likeness (QED) is 0.464. The molecule has 2 aromatic rings. The molecule has 0 aromatic heterocycles. The normalized spacial score (nSPS) is 16.9. The molecule has 3 nitrogen and oxygen atoms in total. The molecule has 0 radical (unpaired) electrons. The molecular formula is C23H27NO2S. The molecule has 1 aliphatic heterocycles. The van der Waals surface area contributed by atoms with Crippen LogP contribution in [0, 0.1) is 12.8 Å². The van der Waals surface area contributed by atoms with Crippen molar-refractivity contribution < 1.29 is 8.42 Å². The van der Waals surface area contributed by atoms with Crippen molar-refractivity contribution in [1.29, 1.82) is 0 Å². The van der Waals surface area contributed by atoms with Gasteiger partial charge < -0.3 is 0 Å². The molecule has 3 rings (SSSR count). The van der Waals surface area contributed by atoms with E-state index in [9.17, 15) is 8.42 Å². The van der Waals surface area contributed by atoms with Crippen LogP contribution in [0.15, 0.2) is 72.7 Å². The summed E-state index contributed by atoms with van der Waals surface area (Å²) < 4.78 is 28.3. The molecule has 2 aromatic carbocycles. The van der Waals surface area contributed by atoms with Gasteiger partial charge in [-0.25, -0.2) is 8.42 Å². The monoisotopic (exact) mass is 381 g/mol. The summed E-state index contributed by atoms with van der Waals surface area (Å²) in [5, 5.41) is 0. The maximum atomic E-state index is 13.4. The van der Waals surface area contributed by atoms with Crippen molar-refractivity contribution in [1.82, 2.24) is 0 Å². The van der Waals surface area contributed by atoms with Crippen LogP contribution in [0.4, 0.5) is 5.69 Å². The van der Waals surface area contributed by atoms with Gasteiger partial charge in [-0.05, 0) is 50.0 Å². The third-order valence-corrected chi connectivity index (χ3v) is 7.01. The number of aryl methyl sites for hydroxylation is 1. The molecule has 0 bridgehead atoms. The van der Waals surface area contributed by atoms with Crippen LogP contribution in [0.25, 0.3) is 5.57 Å². The van der Waals surface area contributed by atoms with E-state index >= 15 is 0 Å². The first kappa shape index (κ1) is 19.4. The second-order valence-electron chi connectivity index (χ2n) is 7.16. The van der Waals surface area contributed by atoms with Gasteiger partial charge in [0.05, 0.1) is 10.6 Å². The predicted molar refractivity (Wildman–Crippen MR) is 113 cm³/mol. The van der Waals surface area contributed by atoms with Crippen LogP contribution >= 0.6 is 0 Å². The lowest BCUT2D eigenvalue weighted by atomic mass is 9.85. The Bertz CT molecular complexity index is 929. The zero-order valence-electron chi connectivity index (χ0n) is 15.9. The molecule has 0 saturated heterocycles. The van der Waals surface area contributed by atoms with Crippen molar-refractivity contribution in [3.05, 3.63) is 78.9 Å². The van der Waals surface area contributed by atoms with Gasteiger partial charge in [-0.1, -0.05) is 55.0 Å². The van der Waals surface area contributed by atoms with Crippen molar-refractivity contribution in [2.75, 3.05) is 10.8 Å². The van der Waals surface area contributed by atoms with E-state index in [-0.39, 0.29) is 5.92 Å². The Labute approximate surface area is 163 Å². The van der Waals surface area contributed by atoms with E-state index in [2.05, 4.69) is 13.2 Å². The topological polar surface area (TPSA) is 37.4 Å². The lowest BCUT2D eigenvalue weighted by Gasteiger charge is -2.36. The minimum atomic E-state index is -3.61. The molecule has 142 valence electrons. The molecule has 27 heavy (non-hydrogen) atoms. The second-order valence-corrected chi connectivity index (χ2v) is 9.02. The molecular weight excluding hydrogens is 354 g/mol. The number of nitrogens with zero attached hydrogens (tertiary/aromatic N) is 1. The smallest absolute Gasteiger partial charge is 0.264 e. The van der Waals surface area contributed by atoms with Gasteiger partial charge in [0.2, 0.25) is 0 Å². The number of rotatable bonds is 7. The van der Waals surface area contributed by atoms with Gasteiger partial charge in [0.25, 0.3) is 10.0 Å². The van der Waals surface area contributed by atoms with E-state index < -0.39 is 10.0 Å². The maximum absolute atomic E-state index is 13.4. The average Bonchev–Trinajstić information content (AvgIpc) is 2.67. The molecule has 0 fully saturated rings. The molecule has 1 aliphatic rings. The standard InChI is InChI=1S/C23H27NO2S/c1-4-5-6-7-10-20-17-24(23-12-9-8-11-22(23)19(20)3)27(25,26)21-15-13-18(2)14-16-21/h4,8-9,11-16,20H,1,3,5-7,10,17H2,2H3/t20-/m1/s1. The summed E-state index contributed by atoms with van der Waals surface area (Å²) in [6.07, 6.45) is 5.96. The highest BCUT2D eigenvalue weighted by Gasteiger charge is 2.34. The fourth-order valence-corrected chi connectivity index (χ4v) is 5.13. The SMILES string of the molecule is C=CCCCC[C@@H]1CN(S(=O)(=O)c2ccc(C)cc2)c2ccccc2C1=C. The third-order valence-electron chi connectivity index (χ3n) is 5.22. The van der Waals surface area contributed by atoms with Gasteiger partial charge in [-0.2, -0.15) is 0 Å². The number of sulfonamides is 1. The molecule has 0 N–H and O–H groups in total.